The summed E-state index contributed by atoms with van der Waals surface area (Å²) in [5, 5.41) is 61.5. The standard InChI is InChI=1S/C32H50N4O6/c1-5-7-15-35-29(37)25(23(3)27(21-33)31(35)39)13-11-19-41-17-9-10-18-42-20-12-14-26-24(4)28(22-34)32(40)36(30(26)38)16-8-6-2/h31-32,37-40H,5-20H2,1-4H3. The van der Waals surface area contributed by atoms with Crippen LogP contribution in [0.3, 0.4) is 0 Å². The summed E-state index contributed by atoms with van der Waals surface area (Å²) >= 11 is 0. The van der Waals surface area contributed by atoms with E-state index < -0.39 is 12.5 Å². The van der Waals surface area contributed by atoms with Gasteiger partial charge in [-0.05, 0) is 76.4 Å². The summed E-state index contributed by atoms with van der Waals surface area (Å²) in [5.41, 5.74) is 3.26. The molecule has 0 amide bonds. The second-order valence-electron chi connectivity index (χ2n) is 10.9. The van der Waals surface area contributed by atoms with Gasteiger partial charge < -0.3 is 39.7 Å². The number of aliphatic hydroxyl groups is 4. The largest absolute Gasteiger partial charge is 0.494 e. The molecule has 2 heterocycles. The van der Waals surface area contributed by atoms with Crippen LogP contribution in [0, 0.1) is 22.7 Å². The van der Waals surface area contributed by atoms with Crippen molar-refractivity contribution in [3.05, 3.63) is 45.2 Å². The topological polar surface area (TPSA) is 153 Å². The van der Waals surface area contributed by atoms with Crippen LogP contribution < -0.4 is 0 Å². The number of rotatable bonds is 19. The minimum atomic E-state index is -1.10. The third-order valence-corrected chi connectivity index (χ3v) is 7.91. The second kappa shape index (κ2) is 18.5. The average molecular weight is 587 g/mol. The molecule has 2 atom stereocenters. The molecule has 0 saturated heterocycles. The lowest BCUT2D eigenvalue weighted by Crippen LogP contribution is -2.40. The van der Waals surface area contributed by atoms with Gasteiger partial charge >= 0.3 is 0 Å². The van der Waals surface area contributed by atoms with E-state index in [2.05, 4.69) is 12.1 Å². The summed E-state index contributed by atoms with van der Waals surface area (Å²) < 4.78 is 11.5. The molecule has 0 fully saturated rings. The Kier molecular flexibility index (Phi) is 15.5. The number of ether oxygens (including phenoxy) is 2. The maximum atomic E-state index is 10.8. The van der Waals surface area contributed by atoms with Gasteiger partial charge in [0.25, 0.3) is 0 Å². The van der Waals surface area contributed by atoms with Crippen molar-refractivity contribution in [2.75, 3.05) is 39.5 Å². The van der Waals surface area contributed by atoms with Crippen LogP contribution in [0.5, 0.6) is 0 Å². The molecule has 0 aromatic heterocycles. The minimum Gasteiger partial charge on any atom is -0.494 e. The minimum absolute atomic E-state index is 0.0580. The summed E-state index contributed by atoms with van der Waals surface area (Å²) in [5.74, 6) is 0.116. The van der Waals surface area contributed by atoms with E-state index in [0.717, 1.165) is 38.5 Å². The van der Waals surface area contributed by atoms with E-state index in [0.29, 0.717) is 98.6 Å². The number of unbranched alkanes of at least 4 members (excludes halogenated alkanes) is 3. The fourth-order valence-electron chi connectivity index (χ4n) is 5.25. The lowest BCUT2D eigenvalue weighted by molar-refractivity contribution is 0.0180. The van der Waals surface area contributed by atoms with Crippen molar-refractivity contribution >= 4 is 0 Å². The van der Waals surface area contributed by atoms with Crippen LogP contribution >= 0.6 is 0 Å². The van der Waals surface area contributed by atoms with Gasteiger partial charge in [-0.15, -0.1) is 0 Å². The Morgan fingerprint density at radius 1 is 0.643 bits per heavy atom. The molecule has 2 aliphatic rings. The van der Waals surface area contributed by atoms with E-state index in [-0.39, 0.29) is 11.8 Å². The van der Waals surface area contributed by atoms with Gasteiger partial charge in [0.05, 0.1) is 23.3 Å². The first kappa shape index (κ1) is 35.2. The maximum Gasteiger partial charge on any atom is 0.192 e. The summed E-state index contributed by atoms with van der Waals surface area (Å²) in [4.78, 5) is 3.02. The Morgan fingerprint density at radius 2 is 1.00 bits per heavy atom. The van der Waals surface area contributed by atoms with Crippen molar-refractivity contribution < 1.29 is 29.9 Å². The van der Waals surface area contributed by atoms with Crippen molar-refractivity contribution in [1.29, 1.82) is 10.5 Å². The predicted molar refractivity (Wildman–Crippen MR) is 161 cm³/mol. The molecule has 0 aromatic rings. The molecule has 0 radical (unpaired) electrons. The van der Waals surface area contributed by atoms with Crippen molar-refractivity contribution in [2.24, 2.45) is 0 Å². The zero-order valence-corrected chi connectivity index (χ0v) is 25.9. The van der Waals surface area contributed by atoms with Crippen LogP contribution in [0.15, 0.2) is 45.2 Å². The van der Waals surface area contributed by atoms with Crippen LogP contribution in [-0.2, 0) is 9.47 Å². The molecule has 0 saturated carbocycles. The number of allylic oxidation sites excluding steroid dienone is 4. The van der Waals surface area contributed by atoms with E-state index >= 15 is 0 Å². The second-order valence-corrected chi connectivity index (χ2v) is 10.9. The van der Waals surface area contributed by atoms with Gasteiger partial charge in [0, 0.05) is 50.7 Å². The normalized spacial score (nSPS) is 19.6. The molecule has 4 N–H and O–H groups in total. The van der Waals surface area contributed by atoms with E-state index in [1.807, 2.05) is 13.8 Å². The Balaban J connectivity index is 1.66. The van der Waals surface area contributed by atoms with Crippen molar-refractivity contribution in [2.45, 2.75) is 104 Å². The van der Waals surface area contributed by atoms with Crippen LogP contribution in [0.2, 0.25) is 0 Å². The molecule has 2 unspecified atom stereocenters. The highest BCUT2D eigenvalue weighted by molar-refractivity contribution is 5.47. The number of aliphatic hydroxyl groups excluding tert-OH is 4. The van der Waals surface area contributed by atoms with Gasteiger partial charge in [0.2, 0.25) is 0 Å². The maximum absolute atomic E-state index is 10.8. The summed E-state index contributed by atoms with van der Waals surface area (Å²) in [6, 6.07) is 4.20. The molecule has 10 nitrogen and oxygen atoms in total. The summed E-state index contributed by atoms with van der Waals surface area (Å²) in [7, 11) is 0. The van der Waals surface area contributed by atoms with Gasteiger partial charge in [-0.1, -0.05) is 26.7 Å². The molecule has 2 rings (SSSR count). The molecule has 42 heavy (non-hydrogen) atoms. The van der Waals surface area contributed by atoms with E-state index in [9.17, 15) is 30.9 Å². The highest BCUT2D eigenvalue weighted by atomic mass is 16.5. The molecule has 0 spiro atoms. The summed E-state index contributed by atoms with van der Waals surface area (Å²) in [6.07, 6.45) is 5.47. The predicted octanol–water partition coefficient (Wildman–Crippen LogP) is 5.45. The van der Waals surface area contributed by atoms with E-state index in [4.69, 9.17) is 9.47 Å². The van der Waals surface area contributed by atoms with Crippen molar-refractivity contribution in [3.63, 3.8) is 0 Å². The molecular formula is C32H50N4O6. The molecule has 234 valence electrons. The monoisotopic (exact) mass is 586 g/mol. The van der Waals surface area contributed by atoms with Gasteiger partial charge in [-0.25, -0.2) is 0 Å². The van der Waals surface area contributed by atoms with E-state index in [1.165, 1.54) is 9.80 Å². The molecule has 10 heteroatoms. The molecule has 2 aliphatic heterocycles. The first-order chi connectivity index (χ1) is 20.2. The highest BCUT2D eigenvalue weighted by Crippen LogP contribution is 2.33. The van der Waals surface area contributed by atoms with Gasteiger partial charge in [0.1, 0.15) is 0 Å². The number of nitrogens with zero attached hydrogens (tertiary/aromatic N) is 4. The molecule has 0 aliphatic carbocycles. The number of hydrogen-bond donors (Lipinski definition) is 4. The fourth-order valence-corrected chi connectivity index (χ4v) is 5.25. The summed E-state index contributed by atoms with van der Waals surface area (Å²) in [6.45, 7) is 10.9. The third kappa shape index (κ3) is 9.24. The molecule has 0 bridgehead atoms. The lowest BCUT2D eigenvalue weighted by atomic mass is 9.93. The first-order valence-electron chi connectivity index (χ1n) is 15.4. The smallest absolute Gasteiger partial charge is 0.192 e. The van der Waals surface area contributed by atoms with Crippen LogP contribution in [-0.4, -0.2) is 82.2 Å². The lowest BCUT2D eigenvalue weighted by Gasteiger charge is -2.35. The van der Waals surface area contributed by atoms with Crippen molar-refractivity contribution in [3.8, 4) is 12.1 Å². The number of hydrogen-bond acceptors (Lipinski definition) is 10. The zero-order chi connectivity index (χ0) is 31.1. The van der Waals surface area contributed by atoms with Crippen LogP contribution in [0.25, 0.3) is 0 Å². The van der Waals surface area contributed by atoms with Gasteiger partial charge in [-0.2, -0.15) is 10.5 Å². The first-order valence-corrected chi connectivity index (χ1v) is 15.4. The van der Waals surface area contributed by atoms with Gasteiger partial charge in [0.15, 0.2) is 24.2 Å². The Morgan fingerprint density at radius 3 is 1.33 bits per heavy atom. The highest BCUT2D eigenvalue weighted by Gasteiger charge is 2.33. The quantitative estimate of drug-likeness (QED) is 0.144. The SMILES string of the molecule is CCCCN1C(O)=C(CCCOCCCCOCCCC2=C(O)N(CCCC)C(O)C(C#N)=C2C)C(C)=C(C#N)C1O. The number of nitriles is 2. The van der Waals surface area contributed by atoms with Crippen LogP contribution in [0.4, 0.5) is 0 Å². The molecule has 0 aromatic carbocycles. The van der Waals surface area contributed by atoms with Crippen LogP contribution in [0.1, 0.15) is 91.9 Å². The fraction of sp³-hybridized carbons (Fsp3) is 0.688. The Labute approximate surface area is 251 Å². The average Bonchev–Trinajstić information content (AvgIpc) is 2.97. The third-order valence-electron chi connectivity index (χ3n) is 7.91. The Hall–Kier alpha value is -3.02. The van der Waals surface area contributed by atoms with E-state index in [1.54, 1.807) is 13.8 Å². The molecular weight excluding hydrogens is 536 g/mol. The Bertz CT molecular complexity index is 1010. The zero-order valence-electron chi connectivity index (χ0n) is 25.9. The van der Waals surface area contributed by atoms with Crippen molar-refractivity contribution in [1.82, 2.24) is 9.80 Å². The van der Waals surface area contributed by atoms with Gasteiger partial charge in [-0.3, -0.25) is 0 Å².